The molecule has 10 heteroatoms. The molecule has 0 saturated carbocycles. The Morgan fingerprint density at radius 2 is 2.15 bits per heavy atom. The van der Waals surface area contributed by atoms with Crippen molar-refractivity contribution in [2.24, 2.45) is 0 Å². The zero-order valence-electron chi connectivity index (χ0n) is 14.5. The lowest BCUT2D eigenvalue weighted by Crippen LogP contribution is -2.39. The number of hydrogen-bond donors (Lipinski definition) is 3. The highest BCUT2D eigenvalue weighted by Crippen LogP contribution is 2.29. The molecule has 1 aromatic heterocycles. The quantitative estimate of drug-likeness (QED) is 0.422. The van der Waals surface area contributed by atoms with Gasteiger partial charge in [0, 0.05) is 0 Å². The molecule has 2 rings (SSSR count). The number of aliphatic carboxylic acids is 1. The van der Waals surface area contributed by atoms with Crippen LogP contribution in [0.4, 0.5) is 11.4 Å². The number of nitrogens with one attached hydrogen (secondary N) is 2. The number of anilines is 1. The Bertz CT molecular complexity index is 805. The number of carboxylic acid groups (broad SMARTS) is 1. The van der Waals surface area contributed by atoms with Crippen molar-refractivity contribution in [2.45, 2.75) is 25.9 Å². The van der Waals surface area contributed by atoms with E-state index in [0.29, 0.717) is 18.1 Å². The van der Waals surface area contributed by atoms with Gasteiger partial charge in [-0.25, -0.2) is 0 Å². The third-order valence-electron chi connectivity index (χ3n) is 3.54. The minimum atomic E-state index is -1.22. The number of nitro groups is 1. The van der Waals surface area contributed by atoms with Gasteiger partial charge in [-0.3, -0.25) is 25.0 Å². The first-order valence-electron chi connectivity index (χ1n) is 8.10. The van der Waals surface area contributed by atoms with Crippen molar-refractivity contribution in [3.05, 3.63) is 52.5 Å². The van der Waals surface area contributed by atoms with E-state index in [9.17, 15) is 24.8 Å². The van der Waals surface area contributed by atoms with Crippen LogP contribution in [0.25, 0.3) is 0 Å². The van der Waals surface area contributed by atoms with Crippen LogP contribution in [-0.4, -0.2) is 34.6 Å². The van der Waals surface area contributed by atoms with E-state index >= 15 is 0 Å². The van der Waals surface area contributed by atoms with E-state index in [-0.39, 0.29) is 17.9 Å². The molecule has 144 valence electrons. The molecular formula is C17H19N3O7. The number of carboxylic acids is 1. The molecule has 3 N–H and O–H groups in total. The van der Waals surface area contributed by atoms with E-state index in [0.717, 1.165) is 0 Å². The van der Waals surface area contributed by atoms with Crippen molar-refractivity contribution in [1.82, 2.24) is 5.32 Å². The van der Waals surface area contributed by atoms with Crippen LogP contribution >= 0.6 is 0 Å². The molecule has 0 saturated heterocycles. The third kappa shape index (κ3) is 5.82. The summed E-state index contributed by atoms with van der Waals surface area (Å²) in [4.78, 5) is 34.1. The normalized spacial score (nSPS) is 11.6. The molecule has 0 radical (unpaired) electrons. The number of nitrogens with zero attached hydrogens (tertiary/aromatic N) is 1. The molecule has 0 aliphatic rings. The molecule has 0 unspecified atom stereocenters. The predicted molar refractivity (Wildman–Crippen MR) is 94.5 cm³/mol. The monoisotopic (exact) mass is 377 g/mol. The Morgan fingerprint density at radius 3 is 2.74 bits per heavy atom. The number of hydrogen-bond acceptors (Lipinski definition) is 7. The SMILES string of the molecule is CCOc1ccc(NC(=O)C[C@H](NCc2ccco2)C(=O)O)c([N+](=O)[O-])c1. The molecule has 10 nitrogen and oxygen atoms in total. The van der Waals surface area contributed by atoms with Crippen LogP contribution in [0.3, 0.4) is 0 Å². The van der Waals surface area contributed by atoms with Crippen molar-refractivity contribution >= 4 is 23.3 Å². The van der Waals surface area contributed by atoms with Gasteiger partial charge in [-0.05, 0) is 31.2 Å². The number of amides is 1. The standard InChI is InChI=1S/C17H19N3O7/c1-2-26-11-5-6-13(15(8-11)20(24)25)19-16(21)9-14(17(22)23)18-10-12-4-3-7-27-12/h3-8,14,18H,2,9-10H2,1H3,(H,19,21)(H,22,23)/t14-/m0/s1. The van der Waals surface area contributed by atoms with Crippen LogP contribution in [0.15, 0.2) is 41.0 Å². The van der Waals surface area contributed by atoms with E-state index in [2.05, 4.69) is 10.6 Å². The summed E-state index contributed by atoms with van der Waals surface area (Å²) in [7, 11) is 0. The van der Waals surface area contributed by atoms with Gasteiger partial charge in [0.25, 0.3) is 5.69 Å². The van der Waals surface area contributed by atoms with Crippen molar-refractivity contribution < 1.29 is 28.8 Å². The Labute approximate surface area is 154 Å². The second-order valence-corrected chi connectivity index (χ2v) is 5.47. The summed E-state index contributed by atoms with van der Waals surface area (Å²) in [6.45, 7) is 2.20. The van der Waals surface area contributed by atoms with Crippen molar-refractivity contribution in [1.29, 1.82) is 0 Å². The summed E-state index contributed by atoms with van der Waals surface area (Å²) in [5.41, 5.74) is -0.381. The van der Waals surface area contributed by atoms with Gasteiger partial charge in [0.15, 0.2) is 0 Å². The van der Waals surface area contributed by atoms with Gasteiger partial charge >= 0.3 is 5.97 Å². The van der Waals surface area contributed by atoms with E-state index in [1.165, 1.54) is 24.5 Å². The number of carbonyl (C=O) groups is 2. The molecule has 2 aromatic rings. The average Bonchev–Trinajstić information content (AvgIpc) is 3.13. The maximum Gasteiger partial charge on any atom is 0.321 e. The first kappa shape index (κ1) is 19.9. The van der Waals surface area contributed by atoms with E-state index < -0.39 is 29.3 Å². The summed E-state index contributed by atoms with van der Waals surface area (Å²) in [6.07, 6.45) is 1.03. The highest BCUT2D eigenvalue weighted by atomic mass is 16.6. The molecule has 1 aromatic carbocycles. The number of benzene rings is 1. The average molecular weight is 377 g/mol. The largest absolute Gasteiger partial charge is 0.494 e. The van der Waals surface area contributed by atoms with E-state index in [4.69, 9.17) is 9.15 Å². The summed E-state index contributed by atoms with van der Waals surface area (Å²) in [6, 6.07) is 6.16. The molecule has 0 spiro atoms. The molecular weight excluding hydrogens is 358 g/mol. The highest BCUT2D eigenvalue weighted by Gasteiger charge is 2.23. The molecule has 0 bridgehead atoms. The maximum atomic E-state index is 12.2. The zero-order chi connectivity index (χ0) is 19.8. The zero-order valence-corrected chi connectivity index (χ0v) is 14.5. The summed E-state index contributed by atoms with van der Waals surface area (Å²) >= 11 is 0. The Balaban J connectivity index is 2.03. The van der Waals surface area contributed by atoms with E-state index in [1.54, 1.807) is 19.1 Å². The number of ether oxygens (including phenoxy) is 1. The third-order valence-corrected chi connectivity index (χ3v) is 3.54. The lowest BCUT2D eigenvalue weighted by Gasteiger charge is -2.14. The minimum Gasteiger partial charge on any atom is -0.494 e. The van der Waals surface area contributed by atoms with Gasteiger partial charge in [0.1, 0.15) is 23.2 Å². The van der Waals surface area contributed by atoms with Gasteiger partial charge < -0.3 is 19.6 Å². The summed E-state index contributed by atoms with van der Waals surface area (Å²) < 4.78 is 10.3. The van der Waals surface area contributed by atoms with Crippen LogP contribution in [0.5, 0.6) is 5.75 Å². The Kier molecular flexibility index (Phi) is 6.89. The lowest BCUT2D eigenvalue weighted by atomic mass is 10.2. The fraction of sp³-hybridized carbons (Fsp3) is 0.294. The first-order chi connectivity index (χ1) is 12.9. The Morgan fingerprint density at radius 1 is 1.37 bits per heavy atom. The van der Waals surface area contributed by atoms with Gasteiger partial charge in [0.2, 0.25) is 5.91 Å². The fourth-order valence-electron chi connectivity index (χ4n) is 2.30. The molecule has 0 fully saturated rings. The van der Waals surface area contributed by atoms with E-state index in [1.807, 2.05) is 0 Å². The maximum absolute atomic E-state index is 12.2. The second-order valence-electron chi connectivity index (χ2n) is 5.47. The lowest BCUT2D eigenvalue weighted by molar-refractivity contribution is -0.384. The Hall–Kier alpha value is -3.40. The van der Waals surface area contributed by atoms with Crippen LogP contribution in [0.2, 0.25) is 0 Å². The number of rotatable bonds is 10. The molecule has 1 atom stereocenters. The van der Waals surface area contributed by atoms with Gasteiger partial charge in [-0.1, -0.05) is 0 Å². The number of nitro benzene ring substituents is 1. The van der Waals surface area contributed by atoms with Crippen LogP contribution in [0.1, 0.15) is 19.1 Å². The second kappa shape index (κ2) is 9.34. The molecule has 1 amide bonds. The predicted octanol–water partition coefficient (Wildman–Crippen LogP) is 2.16. The minimum absolute atomic E-state index is 0.0383. The molecule has 1 heterocycles. The number of carbonyl (C=O) groups excluding carboxylic acids is 1. The molecule has 27 heavy (non-hydrogen) atoms. The van der Waals surface area contributed by atoms with Crippen LogP contribution in [-0.2, 0) is 16.1 Å². The topological polar surface area (TPSA) is 144 Å². The first-order valence-corrected chi connectivity index (χ1v) is 8.10. The fourth-order valence-corrected chi connectivity index (χ4v) is 2.30. The van der Waals surface area contributed by atoms with Gasteiger partial charge in [-0.2, -0.15) is 0 Å². The molecule has 0 aliphatic carbocycles. The van der Waals surface area contributed by atoms with Gasteiger partial charge in [0.05, 0.1) is 36.8 Å². The molecule has 0 aliphatic heterocycles. The van der Waals surface area contributed by atoms with Crippen LogP contribution in [0, 0.1) is 10.1 Å². The summed E-state index contributed by atoms with van der Waals surface area (Å²) in [5, 5.41) is 25.5. The smallest absolute Gasteiger partial charge is 0.321 e. The summed E-state index contributed by atoms with van der Waals surface area (Å²) in [5.74, 6) is -1.09. The number of furan rings is 1. The highest BCUT2D eigenvalue weighted by molar-refractivity contribution is 5.95. The van der Waals surface area contributed by atoms with Gasteiger partial charge in [-0.15, -0.1) is 0 Å². The van der Waals surface area contributed by atoms with Crippen LogP contribution < -0.4 is 15.4 Å². The van der Waals surface area contributed by atoms with Crippen molar-refractivity contribution in [3.63, 3.8) is 0 Å². The van der Waals surface area contributed by atoms with Crippen molar-refractivity contribution in [3.8, 4) is 5.75 Å². The van der Waals surface area contributed by atoms with Crippen molar-refractivity contribution in [2.75, 3.05) is 11.9 Å².